The molecule has 4 aliphatic rings. The van der Waals surface area contributed by atoms with Gasteiger partial charge in [-0.2, -0.15) is 0 Å². The summed E-state index contributed by atoms with van der Waals surface area (Å²) in [5.41, 5.74) is -0.430. The van der Waals surface area contributed by atoms with E-state index in [1.165, 1.54) is 12.5 Å². The first-order chi connectivity index (χ1) is 22.9. The normalized spacial score (nSPS) is 26.1. The number of rotatable bonds is 14. The number of hydrogen-bond acceptors (Lipinski definition) is 7. The Kier molecular flexibility index (Phi) is 11.4. The van der Waals surface area contributed by atoms with Crippen LogP contribution in [0.2, 0.25) is 0 Å². The van der Waals surface area contributed by atoms with E-state index in [2.05, 4.69) is 31.2 Å². The van der Waals surface area contributed by atoms with Gasteiger partial charge in [-0.15, -0.1) is 0 Å². The Morgan fingerprint density at radius 1 is 0.917 bits per heavy atom. The minimum absolute atomic E-state index is 0.00313. The number of ketones is 2. The standard InChI is InChI=1S/C36H54N6O6/c1-5-10-25(30(44)35(48)39-22-15-16-22)40-33(46)27-23-14-9-13-21(23)17-24(27)29(43)31(36(2,3)4)42-34(47)28(20-11-7-6-8-12-20)41-32(45)26-18-37-19-38-26/h18-25,27-28,31H,5-17H2,1-4H3,(H,37,38)(H,39,48)(H,40,46)(H,41,45)(H,42,47)/t21-,23-,24?,25-,27+,28-,31+/m0/s1. The summed E-state index contributed by atoms with van der Waals surface area (Å²) in [7, 11) is 0. The summed E-state index contributed by atoms with van der Waals surface area (Å²) in [6.45, 7) is 7.59. The van der Waals surface area contributed by atoms with Crippen molar-refractivity contribution in [3.05, 3.63) is 18.2 Å². The number of Topliss-reactive ketones (excluding diaryl/α,β-unsaturated/α-hetero) is 2. The number of H-pyrrole nitrogens is 1. The molecular formula is C36H54N6O6. The molecule has 0 bridgehead atoms. The number of hydrogen-bond donors (Lipinski definition) is 5. The molecule has 0 aromatic carbocycles. The highest BCUT2D eigenvalue weighted by molar-refractivity contribution is 6.38. The molecule has 48 heavy (non-hydrogen) atoms. The summed E-state index contributed by atoms with van der Waals surface area (Å²) in [5.74, 6) is -3.88. The fourth-order valence-corrected chi connectivity index (χ4v) is 8.36. The molecule has 4 fully saturated rings. The lowest BCUT2D eigenvalue weighted by Gasteiger charge is -2.37. The maximum atomic E-state index is 14.6. The molecule has 1 heterocycles. The van der Waals surface area contributed by atoms with Crippen molar-refractivity contribution in [2.45, 2.75) is 135 Å². The summed E-state index contributed by atoms with van der Waals surface area (Å²) < 4.78 is 0. The molecule has 1 unspecified atom stereocenters. The second-order valence-corrected chi connectivity index (χ2v) is 15.7. The Balaban J connectivity index is 1.35. The first kappa shape index (κ1) is 35.7. The van der Waals surface area contributed by atoms with E-state index in [9.17, 15) is 28.8 Å². The average molecular weight is 667 g/mol. The predicted molar refractivity (Wildman–Crippen MR) is 178 cm³/mol. The lowest BCUT2D eigenvalue weighted by molar-refractivity contribution is -0.142. The van der Waals surface area contributed by atoms with E-state index < -0.39 is 58.9 Å². The van der Waals surface area contributed by atoms with Crippen molar-refractivity contribution in [1.29, 1.82) is 0 Å². The summed E-state index contributed by atoms with van der Waals surface area (Å²) >= 11 is 0. The van der Waals surface area contributed by atoms with Crippen molar-refractivity contribution in [3.63, 3.8) is 0 Å². The van der Waals surface area contributed by atoms with E-state index in [0.29, 0.717) is 19.3 Å². The summed E-state index contributed by atoms with van der Waals surface area (Å²) in [6.07, 6.45) is 13.3. The minimum Gasteiger partial charge on any atom is -0.347 e. The molecule has 1 aromatic heterocycles. The Morgan fingerprint density at radius 2 is 1.65 bits per heavy atom. The number of nitrogens with zero attached hydrogens (tertiary/aromatic N) is 1. The summed E-state index contributed by atoms with van der Waals surface area (Å²) in [4.78, 5) is 88.4. The van der Waals surface area contributed by atoms with Gasteiger partial charge in [0.1, 0.15) is 11.7 Å². The molecule has 12 nitrogen and oxygen atoms in total. The highest BCUT2D eigenvalue weighted by Crippen LogP contribution is 2.52. The summed E-state index contributed by atoms with van der Waals surface area (Å²) in [5, 5.41) is 11.6. The van der Waals surface area contributed by atoms with Crippen LogP contribution < -0.4 is 21.3 Å². The van der Waals surface area contributed by atoms with Gasteiger partial charge in [0, 0.05) is 12.0 Å². The van der Waals surface area contributed by atoms with Crippen molar-refractivity contribution in [3.8, 4) is 0 Å². The third-order valence-electron chi connectivity index (χ3n) is 11.1. The van der Waals surface area contributed by atoms with E-state index in [-0.39, 0.29) is 41.2 Å². The molecule has 1 aromatic rings. The lowest BCUT2D eigenvalue weighted by Crippen LogP contribution is -2.59. The number of aromatic nitrogens is 2. The molecule has 5 N–H and O–H groups in total. The van der Waals surface area contributed by atoms with Gasteiger partial charge in [0.25, 0.3) is 11.8 Å². The van der Waals surface area contributed by atoms with Crippen LogP contribution in [-0.2, 0) is 24.0 Å². The van der Waals surface area contributed by atoms with Crippen molar-refractivity contribution in [1.82, 2.24) is 31.2 Å². The third kappa shape index (κ3) is 8.34. The molecular weight excluding hydrogens is 612 g/mol. The van der Waals surface area contributed by atoms with Gasteiger partial charge >= 0.3 is 0 Å². The number of aromatic amines is 1. The summed E-state index contributed by atoms with van der Waals surface area (Å²) in [6, 6.07) is -2.66. The second kappa shape index (κ2) is 15.3. The first-order valence-electron chi connectivity index (χ1n) is 18.2. The van der Waals surface area contributed by atoms with Crippen LogP contribution >= 0.6 is 0 Å². The van der Waals surface area contributed by atoms with Gasteiger partial charge in [0.05, 0.1) is 30.5 Å². The molecule has 0 saturated heterocycles. The van der Waals surface area contributed by atoms with Gasteiger partial charge in [0.2, 0.25) is 17.6 Å². The number of fused-ring (bicyclic) bond motifs is 1. The highest BCUT2D eigenvalue weighted by Gasteiger charge is 2.54. The van der Waals surface area contributed by atoms with E-state index in [1.807, 2.05) is 27.7 Å². The van der Waals surface area contributed by atoms with Crippen LogP contribution in [0.3, 0.4) is 0 Å². The average Bonchev–Trinajstić information content (AvgIpc) is 3.40. The molecule has 5 rings (SSSR count). The van der Waals surface area contributed by atoms with Crippen LogP contribution in [0.1, 0.15) is 122 Å². The predicted octanol–water partition coefficient (Wildman–Crippen LogP) is 3.37. The molecule has 7 atom stereocenters. The smallest absolute Gasteiger partial charge is 0.289 e. The number of carbonyl (C=O) groups excluding carboxylic acids is 6. The maximum Gasteiger partial charge on any atom is 0.289 e. The van der Waals surface area contributed by atoms with E-state index >= 15 is 0 Å². The SMILES string of the molecule is CCC[C@H](NC(=O)[C@H]1C(C(=O)[C@@H](NC(=O)[C@@H](NC(=O)c2cnc[nH]2)C2CCCCC2)C(C)(C)C)C[C@@H]2CCC[C@@H]21)C(=O)C(=O)NC1CC1. The quantitative estimate of drug-likeness (QED) is 0.189. The Morgan fingerprint density at radius 3 is 2.27 bits per heavy atom. The topological polar surface area (TPSA) is 179 Å². The van der Waals surface area contributed by atoms with Gasteiger partial charge in [-0.1, -0.05) is 66.2 Å². The molecule has 4 saturated carbocycles. The molecule has 0 aliphatic heterocycles. The van der Waals surface area contributed by atoms with E-state index in [4.69, 9.17) is 0 Å². The van der Waals surface area contributed by atoms with E-state index in [0.717, 1.165) is 64.2 Å². The fourth-order valence-electron chi connectivity index (χ4n) is 8.36. The Bertz CT molecular complexity index is 1340. The van der Waals surface area contributed by atoms with Crippen molar-refractivity contribution in [2.24, 2.45) is 35.0 Å². The zero-order valence-corrected chi connectivity index (χ0v) is 28.9. The van der Waals surface area contributed by atoms with Gasteiger partial charge in [-0.25, -0.2) is 4.98 Å². The number of amides is 4. The Hall–Kier alpha value is -3.57. The van der Waals surface area contributed by atoms with Crippen LogP contribution in [0.25, 0.3) is 0 Å². The number of carbonyl (C=O) groups is 6. The van der Waals surface area contributed by atoms with E-state index in [1.54, 1.807) is 0 Å². The fraction of sp³-hybridized carbons (Fsp3) is 0.750. The monoisotopic (exact) mass is 666 g/mol. The zero-order valence-electron chi connectivity index (χ0n) is 28.9. The van der Waals surface area contributed by atoms with Gasteiger partial charge < -0.3 is 26.3 Å². The van der Waals surface area contributed by atoms with Crippen LogP contribution in [0.15, 0.2) is 12.5 Å². The lowest BCUT2D eigenvalue weighted by atomic mass is 9.75. The molecule has 4 aliphatic carbocycles. The number of imidazole rings is 1. The molecule has 0 spiro atoms. The highest BCUT2D eigenvalue weighted by atomic mass is 16.2. The largest absolute Gasteiger partial charge is 0.347 e. The number of nitrogens with one attached hydrogen (secondary N) is 5. The van der Waals surface area contributed by atoms with Crippen LogP contribution in [0, 0.1) is 35.0 Å². The second-order valence-electron chi connectivity index (χ2n) is 15.7. The van der Waals surface area contributed by atoms with Crippen molar-refractivity contribution in [2.75, 3.05) is 0 Å². The zero-order chi connectivity index (χ0) is 34.6. The van der Waals surface area contributed by atoms with Crippen LogP contribution in [0.4, 0.5) is 0 Å². The molecule has 264 valence electrons. The van der Waals surface area contributed by atoms with Gasteiger partial charge in [-0.05, 0) is 68.1 Å². The molecule has 4 amide bonds. The van der Waals surface area contributed by atoms with Gasteiger partial charge in [-0.3, -0.25) is 28.8 Å². The maximum absolute atomic E-state index is 14.6. The molecule has 0 radical (unpaired) electrons. The third-order valence-corrected chi connectivity index (χ3v) is 11.1. The molecule has 12 heteroatoms. The van der Waals surface area contributed by atoms with Crippen molar-refractivity contribution < 1.29 is 28.8 Å². The Labute approximate surface area is 283 Å². The van der Waals surface area contributed by atoms with Gasteiger partial charge in [0.15, 0.2) is 5.78 Å². The first-order valence-corrected chi connectivity index (χ1v) is 18.2. The van der Waals surface area contributed by atoms with Crippen molar-refractivity contribution >= 4 is 35.2 Å². The minimum atomic E-state index is -0.953. The van der Waals surface area contributed by atoms with Crippen LogP contribution in [0.5, 0.6) is 0 Å². The van der Waals surface area contributed by atoms with Crippen LogP contribution in [-0.4, -0.2) is 69.3 Å².